The lowest BCUT2D eigenvalue weighted by Crippen LogP contribution is -2.40. The first-order valence-corrected chi connectivity index (χ1v) is 9.19. The van der Waals surface area contributed by atoms with Gasteiger partial charge in [-0.1, -0.05) is 6.07 Å². The summed E-state index contributed by atoms with van der Waals surface area (Å²) in [5.41, 5.74) is 0.709. The average Bonchev–Trinajstić information content (AvgIpc) is 3.21. The van der Waals surface area contributed by atoms with Gasteiger partial charge in [-0.3, -0.25) is 4.79 Å². The molecule has 0 aliphatic carbocycles. The Bertz CT molecular complexity index is 821. The van der Waals surface area contributed by atoms with E-state index >= 15 is 0 Å². The van der Waals surface area contributed by atoms with E-state index in [1.165, 1.54) is 15.9 Å². The van der Waals surface area contributed by atoms with Gasteiger partial charge in [0.25, 0.3) is 5.91 Å². The molecule has 0 N–H and O–H groups in total. The van der Waals surface area contributed by atoms with Crippen molar-refractivity contribution in [3.05, 3.63) is 30.6 Å². The van der Waals surface area contributed by atoms with Crippen LogP contribution in [0.15, 0.2) is 30.6 Å². The van der Waals surface area contributed by atoms with Gasteiger partial charge < -0.3 is 9.64 Å². The first-order valence-electron chi connectivity index (χ1n) is 7.37. The number of benzene rings is 1. The third kappa shape index (κ3) is 3.70. The van der Waals surface area contributed by atoms with Gasteiger partial charge in [-0.05, 0) is 29.0 Å². The van der Waals surface area contributed by atoms with Crippen LogP contribution in [-0.4, -0.2) is 70.6 Å². The predicted octanol–water partition coefficient (Wildman–Crippen LogP) is -0.313. The monoisotopic (exact) mass is 351 g/mol. The predicted molar refractivity (Wildman–Crippen MR) is 84.5 cm³/mol. The molecule has 2 heterocycles. The summed E-state index contributed by atoms with van der Waals surface area (Å²) in [4.78, 5) is 13.7. The average molecular weight is 351 g/mol. The van der Waals surface area contributed by atoms with E-state index < -0.39 is 9.84 Å². The Balaban J connectivity index is 1.59. The summed E-state index contributed by atoms with van der Waals surface area (Å²) in [6.45, 7) is -0.161. The molecule has 1 aromatic carbocycles. The van der Waals surface area contributed by atoms with Crippen molar-refractivity contribution in [3.63, 3.8) is 0 Å². The molecule has 10 heteroatoms. The van der Waals surface area contributed by atoms with E-state index in [9.17, 15) is 13.2 Å². The van der Waals surface area contributed by atoms with E-state index in [-0.39, 0.29) is 30.1 Å². The molecule has 1 aliphatic rings. The molecule has 24 heavy (non-hydrogen) atoms. The Labute approximate surface area is 139 Å². The van der Waals surface area contributed by atoms with Crippen molar-refractivity contribution in [1.82, 2.24) is 25.1 Å². The first kappa shape index (κ1) is 16.4. The summed E-state index contributed by atoms with van der Waals surface area (Å²) in [7, 11) is -1.42. The SMILES string of the molecule is CN(C(=O)COc1cccc(-n2cnnn2)c1)[C@@H]1CCS(=O)(=O)C1. The van der Waals surface area contributed by atoms with Crippen LogP contribution >= 0.6 is 0 Å². The van der Waals surface area contributed by atoms with Crippen molar-refractivity contribution in [2.75, 3.05) is 25.2 Å². The van der Waals surface area contributed by atoms with E-state index in [0.717, 1.165) is 0 Å². The number of aromatic nitrogens is 4. The lowest BCUT2D eigenvalue weighted by Gasteiger charge is -2.23. The molecule has 1 atom stereocenters. The highest BCUT2D eigenvalue weighted by molar-refractivity contribution is 7.91. The van der Waals surface area contributed by atoms with Gasteiger partial charge in [-0.2, -0.15) is 0 Å². The van der Waals surface area contributed by atoms with Gasteiger partial charge in [0.05, 0.1) is 17.2 Å². The highest BCUT2D eigenvalue weighted by atomic mass is 32.2. The lowest BCUT2D eigenvalue weighted by molar-refractivity contribution is -0.133. The largest absolute Gasteiger partial charge is 0.484 e. The molecule has 0 radical (unpaired) electrons. The summed E-state index contributed by atoms with van der Waals surface area (Å²) in [6.07, 6.45) is 1.93. The Kier molecular flexibility index (Phi) is 4.47. The summed E-state index contributed by atoms with van der Waals surface area (Å²) < 4.78 is 30.0. The number of carbonyl (C=O) groups excluding carboxylic acids is 1. The topological polar surface area (TPSA) is 107 Å². The van der Waals surface area contributed by atoms with Crippen molar-refractivity contribution >= 4 is 15.7 Å². The molecule has 3 rings (SSSR count). The van der Waals surface area contributed by atoms with Gasteiger partial charge in [0.1, 0.15) is 12.1 Å². The van der Waals surface area contributed by atoms with Crippen LogP contribution in [0.3, 0.4) is 0 Å². The molecule has 0 spiro atoms. The van der Waals surface area contributed by atoms with Crippen LogP contribution in [0.1, 0.15) is 6.42 Å². The molecule has 1 aliphatic heterocycles. The molecule has 128 valence electrons. The Hall–Kier alpha value is -2.49. The maximum Gasteiger partial charge on any atom is 0.260 e. The van der Waals surface area contributed by atoms with Crippen molar-refractivity contribution < 1.29 is 17.9 Å². The number of rotatable bonds is 5. The van der Waals surface area contributed by atoms with Crippen LogP contribution in [0.25, 0.3) is 5.69 Å². The van der Waals surface area contributed by atoms with Crippen LogP contribution in [0.2, 0.25) is 0 Å². The van der Waals surface area contributed by atoms with Gasteiger partial charge in [0.15, 0.2) is 16.4 Å². The third-order valence-corrected chi connectivity index (χ3v) is 5.69. The van der Waals surface area contributed by atoms with Crippen molar-refractivity contribution in [2.45, 2.75) is 12.5 Å². The van der Waals surface area contributed by atoms with E-state index in [4.69, 9.17) is 4.74 Å². The minimum Gasteiger partial charge on any atom is -0.484 e. The Morgan fingerprint density at radius 1 is 1.46 bits per heavy atom. The van der Waals surface area contributed by atoms with Crippen LogP contribution in [0.5, 0.6) is 5.75 Å². The second-order valence-corrected chi connectivity index (χ2v) is 7.83. The van der Waals surface area contributed by atoms with Crippen LogP contribution in [0.4, 0.5) is 0 Å². The van der Waals surface area contributed by atoms with Crippen LogP contribution in [0, 0.1) is 0 Å². The fourth-order valence-corrected chi connectivity index (χ4v) is 4.30. The van der Waals surface area contributed by atoms with Crippen LogP contribution < -0.4 is 4.74 Å². The Morgan fingerprint density at radius 3 is 2.96 bits per heavy atom. The fraction of sp³-hybridized carbons (Fsp3) is 0.429. The second kappa shape index (κ2) is 6.56. The number of hydrogen-bond donors (Lipinski definition) is 0. The molecule has 2 aromatic rings. The highest BCUT2D eigenvalue weighted by Gasteiger charge is 2.32. The molecule has 0 bridgehead atoms. The molecule has 1 amide bonds. The maximum absolute atomic E-state index is 12.2. The molecule has 0 unspecified atom stereocenters. The fourth-order valence-electron chi connectivity index (χ4n) is 2.53. The zero-order valence-corrected chi connectivity index (χ0v) is 13.9. The number of amides is 1. The zero-order chi connectivity index (χ0) is 17.2. The van der Waals surface area contributed by atoms with Gasteiger partial charge in [0, 0.05) is 19.2 Å². The third-order valence-electron chi connectivity index (χ3n) is 3.94. The molecular weight excluding hydrogens is 334 g/mol. The quantitative estimate of drug-likeness (QED) is 0.727. The van der Waals surface area contributed by atoms with Gasteiger partial charge in [0.2, 0.25) is 0 Å². The summed E-state index contributed by atoms with van der Waals surface area (Å²) in [5, 5.41) is 10.9. The molecule has 1 fully saturated rings. The number of ether oxygens (including phenoxy) is 1. The number of tetrazole rings is 1. The normalized spacial score (nSPS) is 19.1. The standard InChI is InChI=1S/C14H17N5O4S/c1-18(12-5-6-24(21,22)9-12)14(20)8-23-13-4-2-3-11(7-13)19-10-15-16-17-19/h2-4,7,10,12H,5-6,8-9H2,1H3/t12-/m1/s1. The maximum atomic E-state index is 12.2. The minimum atomic E-state index is -3.03. The zero-order valence-electron chi connectivity index (χ0n) is 13.1. The number of likely N-dealkylation sites (N-methyl/N-ethyl adjacent to an activating group) is 1. The number of hydrogen-bond acceptors (Lipinski definition) is 7. The van der Waals surface area contributed by atoms with Gasteiger partial charge in [-0.15, -0.1) is 5.10 Å². The molecular formula is C14H17N5O4S. The van der Waals surface area contributed by atoms with E-state index in [1.807, 2.05) is 0 Å². The van der Waals surface area contributed by atoms with Gasteiger partial charge in [-0.25, -0.2) is 13.1 Å². The van der Waals surface area contributed by atoms with Crippen molar-refractivity contribution in [3.8, 4) is 11.4 Å². The summed E-state index contributed by atoms with van der Waals surface area (Å²) in [5.74, 6) is 0.391. The summed E-state index contributed by atoms with van der Waals surface area (Å²) in [6, 6.07) is 6.73. The van der Waals surface area contributed by atoms with E-state index in [1.54, 1.807) is 31.3 Å². The summed E-state index contributed by atoms with van der Waals surface area (Å²) >= 11 is 0. The van der Waals surface area contributed by atoms with Gasteiger partial charge >= 0.3 is 0 Å². The first-order chi connectivity index (χ1) is 11.4. The number of carbonyl (C=O) groups is 1. The van der Waals surface area contributed by atoms with E-state index in [0.29, 0.717) is 17.9 Å². The second-order valence-electron chi connectivity index (χ2n) is 5.60. The van der Waals surface area contributed by atoms with Crippen molar-refractivity contribution in [2.24, 2.45) is 0 Å². The lowest BCUT2D eigenvalue weighted by atomic mass is 10.2. The number of sulfone groups is 1. The smallest absolute Gasteiger partial charge is 0.260 e. The molecule has 0 saturated carbocycles. The van der Waals surface area contributed by atoms with Crippen molar-refractivity contribution in [1.29, 1.82) is 0 Å². The molecule has 1 saturated heterocycles. The van der Waals surface area contributed by atoms with Crippen LogP contribution in [-0.2, 0) is 14.6 Å². The molecule has 1 aromatic heterocycles. The van der Waals surface area contributed by atoms with E-state index in [2.05, 4.69) is 15.5 Å². The number of nitrogens with zero attached hydrogens (tertiary/aromatic N) is 5. The Morgan fingerprint density at radius 2 is 2.29 bits per heavy atom. The minimum absolute atomic E-state index is 0.0179. The molecule has 9 nitrogen and oxygen atoms in total. The highest BCUT2D eigenvalue weighted by Crippen LogP contribution is 2.18.